The minimum absolute atomic E-state index is 0.0646. The second kappa shape index (κ2) is 12.3. The third-order valence-electron chi connectivity index (χ3n) is 5.62. The number of nitrogens with zero attached hydrogens (tertiary/aromatic N) is 4. The van der Waals surface area contributed by atoms with Crippen molar-refractivity contribution in [1.29, 1.82) is 0 Å². The molecule has 3 aromatic rings. The van der Waals surface area contributed by atoms with Crippen molar-refractivity contribution in [3.05, 3.63) is 44.1 Å². The van der Waals surface area contributed by atoms with E-state index >= 15 is 0 Å². The van der Waals surface area contributed by atoms with Crippen molar-refractivity contribution >= 4 is 67.8 Å². The lowest BCUT2D eigenvalue weighted by Gasteiger charge is -2.37. The molecule has 2 aliphatic heterocycles. The maximum absolute atomic E-state index is 13.3. The third-order valence-corrected chi connectivity index (χ3v) is 6.75. The molecule has 4 heterocycles. The number of nitrogens with two attached hydrogens (primary N) is 1. The second-order valence-corrected chi connectivity index (χ2v) is 9.10. The summed E-state index contributed by atoms with van der Waals surface area (Å²) in [4.78, 5) is 25.6. The molecule has 2 aromatic heterocycles. The number of carbonyl (C=O) groups excluding carboxylic acids is 1. The monoisotopic (exact) mass is 585 g/mol. The number of benzene rings is 1. The van der Waals surface area contributed by atoms with Crippen molar-refractivity contribution < 1.29 is 13.9 Å². The number of fused-ring (bicyclic) bond motifs is 2. The van der Waals surface area contributed by atoms with Crippen LogP contribution in [0.1, 0.15) is 38.8 Å². The molecule has 0 spiro atoms. The zero-order chi connectivity index (χ0) is 25.7. The molecule has 0 aliphatic carbocycles. The summed E-state index contributed by atoms with van der Waals surface area (Å²) in [6, 6.07) is 3.69. The molecule has 5 rings (SSSR count). The summed E-state index contributed by atoms with van der Waals surface area (Å²) < 4.78 is 12.0. The van der Waals surface area contributed by atoms with Crippen LogP contribution in [0.5, 0.6) is 0 Å². The highest BCUT2D eigenvalue weighted by atomic mass is 79.9. The van der Waals surface area contributed by atoms with Crippen LogP contribution in [-0.4, -0.2) is 53.1 Å². The number of pyridine rings is 1. The van der Waals surface area contributed by atoms with Gasteiger partial charge in [-0.25, -0.2) is 4.98 Å². The minimum atomic E-state index is -0.611. The molecule has 0 bridgehead atoms. The fourth-order valence-corrected chi connectivity index (χ4v) is 5.07. The summed E-state index contributed by atoms with van der Waals surface area (Å²) in [5, 5.41) is 1.19. The van der Waals surface area contributed by atoms with Crippen molar-refractivity contribution in [3.63, 3.8) is 0 Å². The van der Waals surface area contributed by atoms with Crippen LogP contribution in [0.15, 0.2) is 27.3 Å². The molecular weight excluding hydrogens is 557 g/mol. The number of oxazole rings is 1. The first-order chi connectivity index (χ1) is 16.9. The fourth-order valence-electron chi connectivity index (χ4n) is 4.10. The minimum Gasteiger partial charge on any atom is -0.421 e. The Morgan fingerprint density at radius 1 is 1.20 bits per heavy atom. The lowest BCUT2D eigenvalue weighted by Crippen LogP contribution is -2.52. The zero-order valence-electron chi connectivity index (χ0n) is 20.3. The molecule has 8 nitrogen and oxygen atoms in total. The van der Waals surface area contributed by atoms with E-state index in [0.717, 1.165) is 16.8 Å². The van der Waals surface area contributed by atoms with E-state index in [1.165, 1.54) is 0 Å². The van der Waals surface area contributed by atoms with Crippen molar-refractivity contribution in [2.24, 2.45) is 0 Å². The Kier molecular flexibility index (Phi) is 9.63. The Hall–Kier alpha value is -2.07. The molecule has 1 unspecified atom stereocenters. The molecule has 1 saturated heterocycles. The maximum Gasteiger partial charge on any atom is 0.293 e. The van der Waals surface area contributed by atoms with Crippen LogP contribution in [0.4, 0.5) is 11.7 Å². The van der Waals surface area contributed by atoms with Crippen LogP contribution in [0.2, 0.25) is 10.0 Å². The molecule has 2 N–H and O–H groups in total. The third kappa shape index (κ3) is 5.85. The number of ether oxygens (including phenoxy) is 1. The summed E-state index contributed by atoms with van der Waals surface area (Å²) in [5.74, 6) is -0.0697. The van der Waals surface area contributed by atoms with Crippen LogP contribution < -0.4 is 10.6 Å². The first kappa shape index (κ1) is 27.5. The highest BCUT2D eigenvalue weighted by Gasteiger charge is 2.33. The molecule has 1 amide bonds. The van der Waals surface area contributed by atoms with Gasteiger partial charge in [0, 0.05) is 29.7 Å². The normalized spacial score (nSPS) is 17.2. The number of hydrogen-bond donors (Lipinski definition) is 1. The van der Waals surface area contributed by atoms with Gasteiger partial charge in [-0.2, -0.15) is 4.98 Å². The number of aromatic nitrogens is 2. The lowest BCUT2D eigenvalue weighted by molar-refractivity contribution is -0.145. The SMILES string of the molecule is CC.CC.Nc1nc2c(Br)ncc(N3CCOC(C(=O)N4CCc5cc(Cl)cc(Cl)c5C4)C3)c2o1. The van der Waals surface area contributed by atoms with E-state index in [-0.39, 0.29) is 11.9 Å². The summed E-state index contributed by atoms with van der Waals surface area (Å²) in [5.41, 5.74) is 9.57. The summed E-state index contributed by atoms with van der Waals surface area (Å²) in [7, 11) is 0. The van der Waals surface area contributed by atoms with E-state index < -0.39 is 6.10 Å². The average Bonchev–Trinajstić information content (AvgIpc) is 3.28. The van der Waals surface area contributed by atoms with Gasteiger partial charge in [0.25, 0.3) is 11.9 Å². The Bertz CT molecular complexity index is 1190. The highest BCUT2D eigenvalue weighted by Crippen LogP contribution is 2.34. The van der Waals surface area contributed by atoms with Crippen molar-refractivity contribution in [2.75, 3.05) is 36.9 Å². The van der Waals surface area contributed by atoms with Gasteiger partial charge >= 0.3 is 0 Å². The number of amides is 1. The standard InChI is InChI=1S/C20H18BrCl2N5O3.2C2H6/c21-18-16-17(31-20(24)26-16)14(7-25-18)27-3-4-30-15(9-27)19(29)28-2-1-10-5-11(22)6-13(23)12(10)8-28;2*1-2/h5-7,15H,1-4,8-9H2,(H2,24,26);2*1-2H3. The summed E-state index contributed by atoms with van der Waals surface area (Å²) in [6.07, 6.45) is 1.78. The van der Waals surface area contributed by atoms with Crippen molar-refractivity contribution in [2.45, 2.75) is 46.8 Å². The number of halogens is 3. The number of nitrogen functional groups attached to an aromatic ring is 1. The van der Waals surface area contributed by atoms with Gasteiger partial charge in [0.05, 0.1) is 19.3 Å². The van der Waals surface area contributed by atoms with E-state index in [9.17, 15) is 4.79 Å². The van der Waals surface area contributed by atoms with Gasteiger partial charge in [0.1, 0.15) is 15.8 Å². The Morgan fingerprint density at radius 3 is 2.69 bits per heavy atom. The summed E-state index contributed by atoms with van der Waals surface area (Å²) >= 11 is 15.9. The molecule has 11 heteroatoms. The molecule has 35 heavy (non-hydrogen) atoms. The molecule has 2 aliphatic rings. The molecule has 0 radical (unpaired) electrons. The van der Waals surface area contributed by atoms with E-state index in [1.54, 1.807) is 17.2 Å². The first-order valence-corrected chi connectivity index (χ1v) is 13.3. The van der Waals surface area contributed by atoms with Gasteiger partial charge in [-0.1, -0.05) is 50.9 Å². The number of carbonyl (C=O) groups is 1. The number of anilines is 2. The van der Waals surface area contributed by atoms with Gasteiger partial charge in [-0.05, 0) is 45.6 Å². The first-order valence-electron chi connectivity index (χ1n) is 11.7. The van der Waals surface area contributed by atoms with Gasteiger partial charge in [-0.15, -0.1) is 0 Å². The van der Waals surface area contributed by atoms with E-state index in [2.05, 4.69) is 25.9 Å². The van der Waals surface area contributed by atoms with Crippen LogP contribution in [0.25, 0.3) is 11.1 Å². The molecule has 0 saturated carbocycles. The average molecular weight is 587 g/mol. The lowest BCUT2D eigenvalue weighted by atomic mass is 9.99. The van der Waals surface area contributed by atoms with E-state index in [0.29, 0.717) is 65.0 Å². The van der Waals surface area contributed by atoms with Gasteiger partial charge in [-0.3, -0.25) is 4.79 Å². The van der Waals surface area contributed by atoms with Crippen LogP contribution in [0.3, 0.4) is 0 Å². The van der Waals surface area contributed by atoms with E-state index in [4.69, 9.17) is 38.1 Å². The van der Waals surface area contributed by atoms with Crippen LogP contribution in [0, 0.1) is 0 Å². The zero-order valence-corrected chi connectivity index (χ0v) is 23.4. The van der Waals surface area contributed by atoms with E-state index in [1.807, 2.05) is 38.7 Å². The predicted octanol–water partition coefficient (Wildman–Crippen LogP) is 5.72. The topological polar surface area (TPSA) is 97.7 Å². The Labute approximate surface area is 223 Å². The van der Waals surface area contributed by atoms with Crippen LogP contribution >= 0.6 is 39.1 Å². The Balaban J connectivity index is 0.000000815. The van der Waals surface area contributed by atoms with Crippen molar-refractivity contribution in [1.82, 2.24) is 14.9 Å². The molecule has 1 aromatic carbocycles. The van der Waals surface area contributed by atoms with Gasteiger partial charge in [0.2, 0.25) is 0 Å². The predicted molar refractivity (Wildman–Crippen MR) is 144 cm³/mol. The highest BCUT2D eigenvalue weighted by molar-refractivity contribution is 9.10. The van der Waals surface area contributed by atoms with Gasteiger partial charge < -0.3 is 24.7 Å². The second-order valence-electron chi connectivity index (χ2n) is 7.50. The Morgan fingerprint density at radius 2 is 1.94 bits per heavy atom. The van der Waals surface area contributed by atoms with Gasteiger partial charge in [0.15, 0.2) is 11.7 Å². The molecule has 1 fully saturated rings. The number of rotatable bonds is 2. The fraction of sp³-hybridized carbons (Fsp3) is 0.458. The molecule has 190 valence electrons. The smallest absolute Gasteiger partial charge is 0.293 e. The molecule has 1 atom stereocenters. The summed E-state index contributed by atoms with van der Waals surface area (Å²) in [6.45, 7) is 10.4. The largest absolute Gasteiger partial charge is 0.421 e. The van der Waals surface area contributed by atoms with Crippen LogP contribution in [-0.2, 0) is 22.5 Å². The quantitative estimate of drug-likeness (QED) is 0.384. The number of morpholine rings is 1. The van der Waals surface area contributed by atoms with Crippen molar-refractivity contribution in [3.8, 4) is 0 Å². The maximum atomic E-state index is 13.3. The molecular formula is C24H30BrCl2N5O3. The number of hydrogen-bond acceptors (Lipinski definition) is 7.